The third kappa shape index (κ3) is 6.61. The van der Waals surface area contributed by atoms with Gasteiger partial charge in [-0.2, -0.15) is 11.8 Å². The van der Waals surface area contributed by atoms with E-state index in [-0.39, 0.29) is 42.7 Å². The number of nitrogens with zero attached hydrogens (tertiary/aromatic N) is 1. The third-order valence-corrected chi connectivity index (χ3v) is 6.10. The average molecular weight is 420 g/mol. The van der Waals surface area contributed by atoms with Crippen molar-refractivity contribution in [3.8, 4) is 0 Å². The standard InChI is InChI=1S/C19H29N3OS.2ClH/c1-14-5-6-15(13-22-7-9-24-10-8-22)11-18(14)21-19(23)16-3-2-4-17(20)12-16;;/h5-6,11,16-17H,2-4,7-10,12-13,20H2,1H3,(H,21,23);2*1H. The maximum atomic E-state index is 12.6. The summed E-state index contributed by atoms with van der Waals surface area (Å²) in [5, 5.41) is 3.16. The van der Waals surface area contributed by atoms with Crippen LogP contribution in [0.1, 0.15) is 36.8 Å². The van der Waals surface area contributed by atoms with Gasteiger partial charge in [-0.15, -0.1) is 24.8 Å². The Hall–Kier alpha value is -0.460. The van der Waals surface area contributed by atoms with Gasteiger partial charge in [0.15, 0.2) is 0 Å². The van der Waals surface area contributed by atoms with Crippen molar-refractivity contribution < 1.29 is 4.79 Å². The largest absolute Gasteiger partial charge is 0.328 e. The fraction of sp³-hybridized carbons (Fsp3) is 0.632. The Morgan fingerprint density at radius 3 is 2.69 bits per heavy atom. The van der Waals surface area contributed by atoms with Crippen molar-refractivity contribution in [1.82, 2.24) is 4.90 Å². The van der Waals surface area contributed by atoms with Gasteiger partial charge >= 0.3 is 0 Å². The minimum atomic E-state index is 0. The molecule has 2 fully saturated rings. The van der Waals surface area contributed by atoms with E-state index in [0.29, 0.717) is 0 Å². The summed E-state index contributed by atoms with van der Waals surface area (Å²) in [4.78, 5) is 15.1. The highest BCUT2D eigenvalue weighted by molar-refractivity contribution is 7.99. The number of aryl methyl sites for hydroxylation is 1. The zero-order valence-electron chi connectivity index (χ0n) is 15.4. The zero-order chi connectivity index (χ0) is 16.9. The number of thioether (sulfide) groups is 1. The molecule has 4 nitrogen and oxygen atoms in total. The van der Waals surface area contributed by atoms with Crippen molar-refractivity contribution in [2.75, 3.05) is 29.9 Å². The van der Waals surface area contributed by atoms with Crippen LogP contribution in [0, 0.1) is 12.8 Å². The molecule has 148 valence electrons. The normalized spacial score (nSPS) is 23.5. The predicted octanol–water partition coefficient (Wildman–Crippen LogP) is 3.84. The Morgan fingerprint density at radius 2 is 2.00 bits per heavy atom. The summed E-state index contributed by atoms with van der Waals surface area (Å²) >= 11 is 2.03. The van der Waals surface area contributed by atoms with Gasteiger partial charge in [-0.1, -0.05) is 18.6 Å². The number of anilines is 1. The second-order valence-corrected chi connectivity index (χ2v) is 8.38. The molecular weight excluding hydrogens is 389 g/mol. The summed E-state index contributed by atoms with van der Waals surface area (Å²) in [6.07, 6.45) is 3.89. The van der Waals surface area contributed by atoms with E-state index in [1.165, 1.54) is 17.1 Å². The van der Waals surface area contributed by atoms with E-state index in [2.05, 4.69) is 35.3 Å². The van der Waals surface area contributed by atoms with Crippen LogP contribution in [0.5, 0.6) is 0 Å². The molecule has 0 spiro atoms. The van der Waals surface area contributed by atoms with Gasteiger partial charge < -0.3 is 11.1 Å². The smallest absolute Gasteiger partial charge is 0.227 e. The van der Waals surface area contributed by atoms with E-state index in [0.717, 1.165) is 56.6 Å². The number of hydrogen-bond acceptors (Lipinski definition) is 4. The fourth-order valence-electron chi connectivity index (χ4n) is 3.62. The van der Waals surface area contributed by atoms with Gasteiger partial charge in [-0.25, -0.2) is 0 Å². The second kappa shape index (κ2) is 11.4. The molecule has 7 heteroatoms. The van der Waals surface area contributed by atoms with Crippen molar-refractivity contribution >= 4 is 48.2 Å². The number of amides is 1. The molecule has 1 aromatic rings. The number of halogens is 2. The van der Waals surface area contributed by atoms with Gasteiger partial charge in [0.05, 0.1) is 0 Å². The third-order valence-electron chi connectivity index (χ3n) is 5.16. The van der Waals surface area contributed by atoms with E-state index in [1.54, 1.807) is 0 Å². The highest BCUT2D eigenvalue weighted by atomic mass is 35.5. The van der Waals surface area contributed by atoms with Crippen LogP contribution < -0.4 is 11.1 Å². The van der Waals surface area contributed by atoms with Crippen molar-refractivity contribution in [3.63, 3.8) is 0 Å². The number of hydrogen-bond donors (Lipinski definition) is 2. The van der Waals surface area contributed by atoms with Crippen molar-refractivity contribution in [2.45, 2.75) is 45.2 Å². The molecule has 26 heavy (non-hydrogen) atoms. The zero-order valence-corrected chi connectivity index (χ0v) is 17.9. The topological polar surface area (TPSA) is 58.4 Å². The molecule has 0 bridgehead atoms. The summed E-state index contributed by atoms with van der Waals surface area (Å²) in [5.74, 6) is 2.64. The van der Waals surface area contributed by atoms with Gasteiger partial charge in [0.25, 0.3) is 0 Å². The van der Waals surface area contributed by atoms with Gasteiger partial charge in [-0.05, 0) is 43.4 Å². The molecule has 1 saturated carbocycles. The van der Waals surface area contributed by atoms with Crippen LogP contribution in [0.2, 0.25) is 0 Å². The summed E-state index contributed by atoms with van der Waals surface area (Å²) in [6.45, 7) is 5.34. The lowest BCUT2D eigenvalue weighted by molar-refractivity contribution is -0.120. The molecule has 1 aliphatic heterocycles. The fourth-order valence-corrected chi connectivity index (χ4v) is 4.60. The van der Waals surface area contributed by atoms with Crippen LogP contribution in [0.4, 0.5) is 5.69 Å². The first-order valence-electron chi connectivity index (χ1n) is 9.08. The molecule has 3 rings (SSSR count). The summed E-state index contributed by atoms with van der Waals surface area (Å²) < 4.78 is 0. The van der Waals surface area contributed by atoms with Crippen LogP contribution in [0.3, 0.4) is 0 Å². The molecule has 0 aromatic heterocycles. The first-order valence-corrected chi connectivity index (χ1v) is 10.2. The van der Waals surface area contributed by atoms with Crippen molar-refractivity contribution in [3.05, 3.63) is 29.3 Å². The molecule has 1 aliphatic carbocycles. The molecule has 1 aromatic carbocycles. The summed E-state index contributed by atoms with van der Waals surface area (Å²) in [6, 6.07) is 6.64. The van der Waals surface area contributed by atoms with E-state index in [9.17, 15) is 4.79 Å². The van der Waals surface area contributed by atoms with Gasteiger partial charge in [0.2, 0.25) is 5.91 Å². The molecule has 2 aliphatic rings. The molecule has 2 unspecified atom stereocenters. The van der Waals surface area contributed by atoms with E-state index < -0.39 is 0 Å². The minimum Gasteiger partial charge on any atom is -0.328 e. The Labute approximate surface area is 173 Å². The number of benzene rings is 1. The molecule has 3 N–H and O–H groups in total. The number of rotatable bonds is 4. The highest BCUT2D eigenvalue weighted by Crippen LogP contribution is 2.26. The lowest BCUT2D eigenvalue weighted by Crippen LogP contribution is -2.34. The lowest BCUT2D eigenvalue weighted by atomic mass is 9.85. The van der Waals surface area contributed by atoms with Crippen molar-refractivity contribution in [1.29, 1.82) is 0 Å². The Morgan fingerprint density at radius 1 is 1.27 bits per heavy atom. The average Bonchev–Trinajstić information content (AvgIpc) is 2.59. The summed E-state index contributed by atoms with van der Waals surface area (Å²) in [5.41, 5.74) is 9.40. The Balaban J connectivity index is 0.00000169. The van der Waals surface area contributed by atoms with Gasteiger partial charge in [0, 0.05) is 48.8 Å². The number of nitrogens with one attached hydrogen (secondary N) is 1. The second-order valence-electron chi connectivity index (χ2n) is 7.15. The maximum absolute atomic E-state index is 12.6. The van der Waals surface area contributed by atoms with Crippen molar-refractivity contribution in [2.24, 2.45) is 11.7 Å². The molecule has 0 radical (unpaired) electrons. The molecule has 1 saturated heterocycles. The van der Waals surface area contributed by atoms with E-state index in [4.69, 9.17) is 5.73 Å². The van der Waals surface area contributed by atoms with E-state index >= 15 is 0 Å². The monoisotopic (exact) mass is 419 g/mol. The van der Waals surface area contributed by atoms with E-state index in [1.807, 2.05) is 11.8 Å². The maximum Gasteiger partial charge on any atom is 0.227 e. The summed E-state index contributed by atoms with van der Waals surface area (Å²) in [7, 11) is 0. The van der Waals surface area contributed by atoms with Crippen LogP contribution in [0.25, 0.3) is 0 Å². The number of carbonyl (C=O) groups excluding carboxylic acids is 1. The predicted molar refractivity (Wildman–Crippen MR) is 117 cm³/mol. The van der Waals surface area contributed by atoms with Gasteiger partial charge in [0.1, 0.15) is 0 Å². The quantitative estimate of drug-likeness (QED) is 0.777. The van der Waals surface area contributed by atoms with Gasteiger partial charge in [-0.3, -0.25) is 9.69 Å². The Bertz CT molecular complexity index is 582. The minimum absolute atomic E-state index is 0. The first-order chi connectivity index (χ1) is 11.6. The number of carbonyl (C=O) groups is 1. The van der Waals surface area contributed by atoms with Crippen LogP contribution in [0.15, 0.2) is 18.2 Å². The molecule has 2 atom stereocenters. The van der Waals surface area contributed by atoms with Crippen LogP contribution >= 0.6 is 36.6 Å². The Kier molecular flexibility index (Phi) is 10.3. The number of nitrogens with two attached hydrogens (primary N) is 1. The van der Waals surface area contributed by atoms with Crippen LogP contribution in [-0.2, 0) is 11.3 Å². The molecule has 1 amide bonds. The first kappa shape index (κ1) is 23.6. The molecular formula is C19H31Cl2N3OS. The van der Waals surface area contributed by atoms with Crippen LogP contribution in [-0.4, -0.2) is 41.4 Å². The SMILES string of the molecule is Cc1ccc(CN2CCSCC2)cc1NC(=O)C1CCCC(N)C1.Cl.Cl. The lowest BCUT2D eigenvalue weighted by Gasteiger charge is -2.27. The highest BCUT2D eigenvalue weighted by Gasteiger charge is 2.25. The molecule has 1 heterocycles.